The highest BCUT2D eigenvalue weighted by molar-refractivity contribution is 7.85. The van der Waals surface area contributed by atoms with Crippen LogP contribution in [0.15, 0.2) is 18.2 Å². The van der Waals surface area contributed by atoms with Crippen LogP contribution in [-0.4, -0.2) is 39.6 Å². The first-order valence-electron chi connectivity index (χ1n) is 5.58. The van der Waals surface area contributed by atoms with E-state index in [0.717, 1.165) is 5.56 Å². The SMILES string of the molecule is Cc1cc(C(=O)N2CCS(=O)CC2)ccc1N. The second-order valence-electron chi connectivity index (χ2n) is 4.21. The smallest absolute Gasteiger partial charge is 0.253 e. The highest BCUT2D eigenvalue weighted by Gasteiger charge is 2.21. The van der Waals surface area contributed by atoms with Crippen LogP contribution in [-0.2, 0) is 10.8 Å². The summed E-state index contributed by atoms with van der Waals surface area (Å²) in [6, 6.07) is 5.31. The molecular formula is C12H16N2O2S. The van der Waals surface area contributed by atoms with Crippen molar-refractivity contribution in [1.29, 1.82) is 0 Å². The fourth-order valence-electron chi connectivity index (χ4n) is 1.83. The number of carbonyl (C=O) groups excluding carboxylic acids is 1. The maximum absolute atomic E-state index is 12.2. The van der Waals surface area contributed by atoms with Crippen molar-refractivity contribution in [3.8, 4) is 0 Å². The molecule has 1 aromatic rings. The lowest BCUT2D eigenvalue weighted by molar-refractivity contribution is 0.0771. The molecule has 4 nitrogen and oxygen atoms in total. The first kappa shape index (κ1) is 12.1. The summed E-state index contributed by atoms with van der Waals surface area (Å²) < 4.78 is 11.2. The van der Waals surface area contributed by atoms with Crippen LogP contribution >= 0.6 is 0 Å². The number of amides is 1. The number of rotatable bonds is 1. The third-order valence-electron chi connectivity index (χ3n) is 2.98. The molecule has 0 spiro atoms. The summed E-state index contributed by atoms with van der Waals surface area (Å²) in [5.74, 6) is 1.17. The Hall–Kier alpha value is -1.36. The summed E-state index contributed by atoms with van der Waals surface area (Å²) in [6.45, 7) is 3.04. The van der Waals surface area contributed by atoms with E-state index in [9.17, 15) is 9.00 Å². The van der Waals surface area contributed by atoms with Gasteiger partial charge in [-0.1, -0.05) is 0 Å². The van der Waals surface area contributed by atoms with E-state index in [1.807, 2.05) is 13.0 Å². The summed E-state index contributed by atoms with van der Waals surface area (Å²) in [6.07, 6.45) is 0. The largest absolute Gasteiger partial charge is 0.399 e. The van der Waals surface area contributed by atoms with Crippen LogP contribution in [0, 0.1) is 6.92 Å². The van der Waals surface area contributed by atoms with Gasteiger partial charge in [0, 0.05) is 46.6 Å². The van der Waals surface area contributed by atoms with Crippen molar-refractivity contribution in [2.75, 3.05) is 30.3 Å². The van der Waals surface area contributed by atoms with Crippen molar-refractivity contribution in [2.45, 2.75) is 6.92 Å². The number of benzene rings is 1. The molecule has 1 fully saturated rings. The predicted octanol–water partition coefficient (Wildman–Crippen LogP) is 0.782. The number of aryl methyl sites for hydroxylation is 1. The molecule has 5 heteroatoms. The number of nitrogen functional groups attached to an aromatic ring is 1. The van der Waals surface area contributed by atoms with Crippen LogP contribution in [0.2, 0.25) is 0 Å². The van der Waals surface area contributed by atoms with Crippen LogP contribution in [0.25, 0.3) is 0 Å². The molecule has 0 radical (unpaired) electrons. The fraction of sp³-hybridized carbons (Fsp3) is 0.417. The summed E-state index contributed by atoms with van der Waals surface area (Å²) in [4.78, 5) is 13.9. The molecule has 0 atom stereocenters. The molecule has 1 aromatic carbocycles. The first-order chi connectivity index (χ1) is 8.08. The van der Waals surface area contributed by atoms with Gasteiger partial charge in [0.05, 0.1) is 0 Å². The van der Waals surface area contributed by atoms with Gasteiger partial charge in [-0.3, -0.25) is 9.00 Å². The van der Waals surface area contributed by atoms with E-state index in [0.29, 0.717) is 35.8 Å². The van der Waals surface area contributed by atoms with Crippen molar-refractivity contribution >= 4 is 22.4 Å². The zero-order chi connectivity index (χ0) is 12.4. The molecule has 1 amide bonds. The van der Waals surface area contributed by atoms with Gasteiger partial charge >= 0.3 is 0 Å². The minimum Gasteiger partial charge on any atom is -0.399 e. The molecule has 1 aliphatic heterocycles. The molecule has 2 rings (SSSR count). The average molecular weight is 252 g/mol. The Bertz CT molecular complexity index is 464. The molecule has 0 aliphatic carbocycles. The summed E-state index contributed by atoms with van der Waals surface area (Å²) in [5.41, 5.74) is 7.99. The molecule has 92 valence electrons. The number of anilines is 1. The van der Waals surface area contributed by atoms with Crippen molar-refractivity contribution in [3.63, 3.8) is 0 Å². The fourth-order valence-corrected chi connectivity index (χ4v) is 2.88. The van der Waals surface area contributed by atoms with Crippen LogP contribution in [0.1, 0.15) is 15.9 Å². The minimum absolute atomic E-state index is 0.00444. The summed E-state index contributed by atoms with van der Waals surface area (Å²) >= 11 is 0. The van der Waals surface area contributed by atoms with Gasteiger partial charge in [0.1, 0.15) is 0 Å². The highest BCUT2D eigenvalue weighted by Crippen LogP contribution is 2.15. The van der Waals surface area contributed by atoms with Crippen LogP contribution in [0.4, 0.5) is 5.69 Å². The molecule has 0 aromatic heterocycles. The Morgan fingerprint density at radius 2 is 2.00 bits per heavy atom. The van der Waals surface area contributed by atoms with E-state index < -0.39 is 10.8 Å². The summed E-state index contributed by atoms with van der Waals surface area (Å²) in [5, 5.41) is 0. The van der Waals surface area contributed by atoms with Crippen LogP contribution in [0.5, 0.6) is 0 Å². The Labute approximate surface area is 103 Å². The van der Waals surface area contributed by atoms with Gasteiger partial charge < -0.3 is 10.6 Å². The van der Waals surface area contributed by atoms with Gasteiger partial charge in [0.15, 0.2) is 0 Å². The monoisotopic (exact) mass is 252 g/mol. The van der Waals surface area contributed by atoms with Crippen LogP contribution in [0.3, 0.4) is 0 Å². The minimum atomic E-state index is -0.756. The van der Waals surface area contributed by atoms with E-state index in [1.165, 1.54) is 0 Å². The lowest BCUT2D eigenvalue weighted by Crippen LogP contribution is -2.41. The Balaban J connectivity index is 2.14. The van der Waals surface area contributed by atoms with Gasteiger partial charge in [-0.15, -0.1) is 0 Å². The Morgan fingerprint density at radius 3 is 2.59 bits per heavy atom. The topological polar surface area (TPSA) is 63.4 Å². The second kappa shape index (κ2) is 4.87. The third kappa shape index (κ3) is 2.66. The van der Waals surface area contributed by atoms with Crippen molar-refractivity contribution in [1.82, 2.24) is 4.90 Å². The first-order valence-corrected chi connectivity index (χ1v) is 7.07. The van der Waals surface area contributed by atoms with Crippen molar-refractivity contribution < 1.29 is 9.00 Å². The lowest BCUT2D eigenvalue weighted by atomic mass is 10.1. The second-order valence-corrected chi connectivity index (χ2v) is 5.91. The standard InChI is InChI=1S/C12H16N2O2S/c1-9-8-10(2-3-11(9)13)12(15)14-4-6-17(16)7-5-14/h2-3,8H,4-7,13H2,1H3. The number of hydrogen-bond acceptors (Lipinski definition) is 3. The zero-order valence-corrected chi connectivity index (χ0v) is 10.6. The van der Waals surface area contributed by atoms with Gasteiger partial charge in [-0.2, -0.15) is 0 Å². The van der Waals surface area contributed by atoms with E-state index >= 15 is 0 Å². The molecular weight excluding hydrogens is 236 g/mol. The number of nitrogens with zero attached hydrogens (tertiary/aromatic N) is 1. The van der Waals surface area contributed by atoms with Gasteiger partial charge in [-0.25, -0.2) is 0 Å². The number of carbonyl (C=O) groups is 1. The summed E-state index contributed by atoms with van der Waals surface area (Å²) in [7, 11) is -0.756. The zero-order valence-electron chi connectivity index (χ0n) is 9.81. The molecule has 1 heterocycles. The van der Waals surface area contributed by atoms with E-state index in [4.69, 9.17) is 5.73 Å². The van der Waals surface area contributed by atoms with E-state index in [-0.39, 0.29) is 5.91 Å². The van der Waals surface area contributed by atoms with Crippen molar-refractivity contribution in [3.05, 3.63) is 29.3 Å². The van der Waals surface area contributed by atoms with Gasteiger partial charge in [0.2, 0.25) is 0 Å². The number of hydrogen-bond donors (Lipinski definition) is 1. The molecule has 0 unspecified atom stereocenters. The number of nitrogens with two attached hydrogens (primary N) is 1. The highest BCUT2D eigenvalue weighted by atomic mass is 32.2. The lowest BCUT2D eigenvalue weighted by Gasteiger charge is -2.26. The Kier molecular flexibility index (Phi) is 3.47. The maximum Gasteiger partial charge on any atom is 0.253 e. The Morgan fingerprint density at radius 1 is 1.35 bits per heavy atom. The van der Waals surface area contributed by atoms with Crippen LogP contribution < -0.4 is 5.73 Å². The molecule has 0 saturated carbocycles. The van der Waals surface area contributed by atoms with Gasteiger partial charge in [-0.05, 0) is 30.7 Å². The van der Waals surface area contributed by atoms with Gasteiger partial charge in [0.25, 0.3) is 5.91 Å². The third-order valence-corrected chi connectivity index (χ3v) is 4.26. The molecule has 1 aliphatic rings. The molecule has 1 saturated heterocycles. The maximum atomic E-state index is 12.2. The molecule has 17 heavy (non-hydrogen) atoms. The average Bonchev–Trinajstić information content (AvgIpc) is 2.33. The predicted molar refractivity (Wildman–Crippen MR) is 69.4 cm³/mol. The normalized spacial score (nSPS) is 17.1. The molecule has 0 bridgehead atoms. The van der Waals surface area contributed by atoms with Crippen molar-refractivity contribution in [2.24, 2.45) is 0 Å². The van der Waals surface area contributed by atoms with E-state index in [1.54, 1.807) is 17.0 Å². The quantitative estimate of drug-likeness (QED) is 0.751. The molecule has 2 N–H and O–H groups in total. The van der Waals surface area contributed by atoms with E-state index in [2.05, 4.69) is 0 Å².